The molecule has 1 aromatic rings. The second-order valence-electron chi connectivity index (χ2n) is 3.72. The van der Waals surface area contributed by atoms with Gasteiger partial charge in [-0.2, -0.15) is 0 Å². The van der Waals surface area contributed by atoms with Crippen LogP contribution in [0.4, 0.5) is 0 Å². The minimum absolute atomic E-state index is 0.169. The highest BCUT2D eigenvalue weighted by Crippen LogP contribution is 2.17. The van der Waals surface area contributed by atoms with E-state index >= 15 is 0 Å². The number of rotatable bonds is 2. The molecule has 0 amide bonds. The minimum atomic E-state index is -0.169. The van der Waals surface area contributed by atoms with Crippen LogP contribution in [-0.4, -0.2) is 20.8 Å². The van der Waals surface area contributed by atoms with Crippen molar-refractivity contribution in [2.75, 3.05) is 0 Å². The van der Waals surface area contributed by atoms with Crippen molar-refractivity contribution in [3.8, 4) is 0 Å². The maximum Gasteiger partial charge on any atom is 0.108 e. The SMILES string of the molecule is CCCc1ncc2n1CC(O)CC2. The van der Waals surface area contributed by atoms with Crippen LogP contribution in [0.3, 0.4) is 0 Å². The zero-order valence-corrected chi connectivity index (χ0v) is 8.03. The Morgan fingerprint density at radius 1 is 1.69 bits per heavy atom. The lowest BCUT2D eigenvalue weighted by molar-refractivity contribution is 0.130. The van der Waals surface area contributed by atoms with Gasteiger partial charge in [0.1, 0.15) is 5.82 Å². The molecule has 3 heteroatoms. The minimum Gasteiger partial charge on any atom is -0.391 e. The van der Waals surface area contributed by atoms with Crippen molar-refractivity contribution < 1.29 is 5.11 Å². The highest BCUT2D eigenvalue weighted by molar-refractivity contribution is 5.09. The molecule has 0 aliphatic carbocycles. The molecule has 1 unspecified atom stereocenters. The third-order valence-electron chi connectivity index (χ3n) is 2.62. The number of aliphatic hydroxyl groups excluding tert-OH is 1. The fourth-order valence-corrected chi connectivity index (χ4v) is 1.92. The van der Waals surface area contributed by atoms with Gasteiger partial charge in [-0.3, -0.25) is 0 Å². The van der Waals surface area contributed by atoms with Crippen molar-refractivity contribution in [3.63, 3.8) is 0 Å². The van der Waals surface area contributed by atoms with Gasteiger partial charge in [-0.05, 0) is 19.3 Å². The smallest absolute Gasteiger partial charge is 0.108 e. The lowest BCUT2D eigenvalue weighted by atomic mass is 10.1. The quantitative estimate of drug-likeness (QED) is 0.741. The average Bonchev–Trinajstić information content (AvgIpc) is 2.49. The topological polar surface area (TPSA) is 38.0 Å². The summed E-state index contributed by atoms with van der Waals surface area (Å²) >= 11 is 0. The molecule has 3 nitrogen and oxygen atoms in total. The second kappa shape index (κ2) is 3.50. The number of hydrogen-bond donors (Lipinski definition) is 1. The molecule has 1 aromatic heterocycles. The fraction of sp³-hybridized carbons (Fsp3) is 0.700. The maximum absolute atomic E-state index is 9.52. The highest BCUT2D eigenvalue weighted by Gasteiger charge is 2.18. The molecule has 1 aliphatic heterocycles. The van der Waals surface area contributed by atoms with Gasteiger partial charge in [0.15, 0.2) is 0 Å². The largest absolute Gasteiger partial charge is 0.391 e. The first-order valence-corrected chi connectivity index (χ1v) is 5.02. The first kappa shape index (κ1) is 8.75. The Bertz CT molecular complexity index is 293. The second-order valence-corrected chi connectivity index (χ2v) is 3.72. The van der Waals surface area contributed by atoms with E-state index in [-0.39, 0.29) is 6.10 Å². The zero-order chi connectivity index (χ0) is 9.26. The van der Waals surface area contributed by atoms with Crippen LogP contribution in [0.25, 0.3) is 0 Å². The van der Waals surface area contributed by atoms with E-state index in [9.17, 15) is 5.11 Å². The lowest BCUT2D eigenvalue weighted by Crippen LogP contribution is -2.25. The molecule has 2 rings (SSSR count). The molecule has 0 spiro atoms. The van der Waals surface area contributed by atoms with Gasteiger partial charge in [-0.15, -0.1) is 0 Å². The van der Waals surface area contributed by atoms with E-state index in [1.54, 1.807) is 0 Å². The van der Waals surface area contributed by atoms with Crippen LogP contribution in [0.5, 0.6) is 0 Å². The summed E-state index contributed by atoms with van der Waals surface area (Å²) in [6.45, 7) is 2.89. The number of aromatic nitrogens is 2. The molecule has 0 saturated heterocycles. The van der Waals surface area contributed by atoms with Crippen molar-refractivity contribution in [1.29, 1.82) is 0 Å². The molecule has 1 N–H and O–H groups in total. The summed E-state index contributed by atoms with van der Waals surface area (Å²) in [5.74, 6) is 1.14. The molecule has 1 aliphatic rings. The fourth-order valence-electron chi connectivity index (χ4n) is 1.92. The highest BCUT2D eigenvalue weighted by atomic mass is 16.3. The third-order valence-corrected chi connectivity index (χ3v) is 2.62. The van der Waals surface area contributed by atoms with Gasteiger partial charge in [0.25, 0.3) is 0 Å². The van der Waals surface area contributed by atoms with Gasteiger partial charge in [0, 0.05) is 18.3 Å². The van der Waals surface area contributed by atoms with E-state index in [1.165, 1.54) is 5.69 Å². The van der Waals surface area contributed by atoms with Crippen LogP contribution in [0.1, 0.15) is 31.3 Å². The van der Waals surface area contributed by atoms with Crippen molar-refractivity contribution in [1.82, 2.24) is 9.55 Å². The molecule has 0 bridgehead atoms. The van der Waals surface area contributed by atoms with Crippen LogP contribution >= 0.6 is 0 Å². The normalized spacial score (nSPS) is 21.5. The van der Waals surface area contributed by atoms with E-state index < -0.39 is 0 Å². The molecule has 0 fully saturated rings. The number of nitrogens with zero attached hydrogens (tertiary/aromatic N) is 2. The van der Waals surface area contributed by atoms with Gasteiger partial charge >= 0.3 is 0 Å². The van der Waals surface area contributed by atoms with Crippen LogP contribution in [0.2, 0.25) is 0 Å². The molecule has 0 aromatic carbocycles. The predicted octanol–water partition coefficient (Wildman–Crippen LogP) is 1.14. The van der Waals surface area contributed by atoms with Crippen LogP contribution < -0.4 is 0 Å². The number of hydrogen-bond acceptors (Lipinski definition) is 2. The number of imidazole rings is 1. The Morgan fingerprint density at radius 3 is 3.31 bits per heavy atom. The van der Waals surface area contributed by atoms with E-state index in [4.69, 9.17) is 0 Å². The van der Waals surface area contributed by atoms with Crippen LogP contribution in [-0.2, 0) is 19.4 Å². The van der Waals surface area contributed by atoms with Crippen molar-refractivity contribution >= 4 is 0 Å². The lowest BCUT2D eigenvalue weighted by Gasteiger charge is -2.21. The molecule has 72 valence electrons. The molecule has 0 radical (unpaired) electrons. The van der Waals surface area contributed by atoms with Gasteiger partial charge < -0.3 is 9.67 Å². The van der Waals surface area contributed by atoms with Gasteiger partial charge in [0.05, 0.1) is 12.6 Å². The summed E-state index contributed by atoms with van der Waals surface area (Å²) in [5.41, 5.74) is 1.29. The summed E-state index contributed by atoms with van der Waals surface area (Å²) in [6.07, 6.45) is 5.78. The monoisotopic (exact) mass is 180 g/mol. The molecule has 1 atom stereocenters. The van der Waals surface area contributed by atoms with Crippen LogP contribution in [0.15, 0.2) is 6.20 Å². The summed E-state index contributed by atoms with van der Waals surface area (Å²) in [7, 11) is 0. The predicted molar refractivity (Wildman–Crippen MR) is 50.5 cm³/mol. The van der Waals surface area contributed by atoms with E-state index in [1.807, 2.05) is 6.20 Å². The van der Waals surface area contributed by atoms with Crippen molar-refractivity contribution in [2.45, 2.75) is 45.3 Å². The summed E-state index contributed by atoms with van der Waals surface area (Å²) in [4.78, 5) is 4.37. The van der Waals surface area contributed by atoms with Gasteiger partial charge in [0.2, 0.25) is 0 Å². The summed E-state index contributed by atoms with van der Waals surface area (Å²) < 4.78 is 2.18. The zero-order valence-electron chi connectivity index (χ0n) is 8.03. The Balaban J connectivity index is 2.25. The van der Waals surface area contributed by atoms with Gasteiger partial charge in [-0.1, -0.05) is 6.92 Å². The molecule has 0 saturated carbocycles. The summed E-state index contributed by atoms with van der Waals surface area (Å²) in [6, 6.07) is 0. The van der Waals surface area contributed by atoms with E-state index in [2.05, 4.69) is 16.5 Å². The molecular weight excluding hydrogens is 164 g/mol. The number of aliphatic hydroxyl groups is 1. The van der Waals surface area contributed by atoms with Crippen molar-refractivity contribution in [2.24, 2.45) is 0 Å². The Labute approximate surface area is 78.4 Å². The Morgan fingerprint density at radius 2 is 2.54 bits per heavy atom. The third kappa shape index (κ3) is 1.61. The van der Waals surface area contributed by atoms with Crippen molar-refractivity contribution in [3.05, 3.63) is 17.7 Å². The molecule has 2 heterocycles. The molecule has 13 heavy (non-hydrogen) atoms. The Hall–Kier alpha value is -0.830. The average molecular weight is 180 g/mol. The van der Waals surface area contributed by atoms with Crippen LogP contribution in [0, 0.1) is 0 Å². The Kier molecular flexibility index (Phi) is 2.36. The van der Waals surface area contributed by atoms with E-state index in [0.717, 1.165) is 38.1 Å². The first-order valence-electron chi connectivity index (χ1n) is 5.02. The first-order chi connectivity index (χ1) is 6.31. The van der Waals surface area contributed by atoms with Gasteiger partial charge in [-0.25, -0.2) is 4.98 Å². The number of aryl methyl sites for hydroxylation is 2. The summed E-state index contributed by atoms with van der Waals surface area (Å²) in [5, 5.41) is 9.52. The standard InChI is InChI=1S/C10H16N2O/c1-2-3-10-11-6-8-4-5-9(13)7-12(8)10/h6,9,13H,2-5,7H2,1H3. The number of fused-ring (bicyclic) bond motifs is 1. The maximum atomic E-state index is 9.52. The molecular formula is C10H16N2O. The van der Waals surface area contributed by atoms with E-state index in [0.29, 0.717) is 0 Å².